The highest BCUT2D eigenvalue weighted by molar-refractivity contribution is 7.90. The Morgan fingerprint density at radius 3 is 3.00 bits per heavy atom. The predicted molar refractivity (Wildman–Crippen MR) is 67.9 cm³/mol. The molecule has 0 aromatic carbocycles. The second-order valence-corrected chi connectivity index (χ2v) is 6.86. The van der Waals surface area contributed by atoms with Crippen molar-refractivity contribution in [2.45, 2.75) is 13.1 Å². The summed E-state index contributed by atoms with van der Waals surface area (Å²) in [5.74, 6) is 1.19. The maximum atomic E-state index is 10.9. The Balaban J connectivity index is 1.64. The van der Waals surface area contributed by atoms with Crippen LogP contribution in [0.25, 0.3) is 0 Å². The van der Waals surface area contributed by atoms with E-state index in [9.17, 15) is 8.42 Å². The fourth-order valence-electron chi connectivity index (χ4n) is 1.93. The minimum atomic E-state index is -2.86. The maximum Gasteiger partial charge on any atom is 0.148 e. The number of aromatic nitrogens is 3. The number of hydrogen-bond acceptors (Lipinski definition) is 6. The summed E-state index contributed by atoms with van der Waals surface area (Å²) in [5, 5.41) is 11.1. The van der Waals surface area contributed by atoms with Crippen molar-refractivity contribution in [1.82, 2.24) is 25.0 Å². The number of fused-ring (bicyclic) bond motifs is 1. The summed E-state index contributed by atoms with van der Waals surface area (Å²) in [6.07, 6.45) is 3.02. The zero-order chi connectivity index (χ0) is 13.0. The highest BCUT2D eigenvalue weighted by Gasteiger charge is 2.16. The van der Waals surface area contributed by atoms with Crippen LogP contribution in [0.4, 0.5) is 0 Å². The van der Waals surface area contributed by atoms with Crippen LogP contribution in [0, 0.1) is 0 Å². The molecular formula is C10H19N5O2S. The van der Waals surface area contributed by atoms with E-state index in [-0.39, 0.29) is 5.75 Å². The zero-order valence-electron chi connectivity index (χ0n) is 10.5. The molecule has 8 heteroatoms. The normalized spacial score (nSPS) is 16.7. The Morgan fingerprint density at radius 1 is 1.39 bits per heavy atom. The minimum absolute atomic E-state index is 0.196. The van der Waals surface area contributed by atoms with Gasteiger partial charge in [0.15, 0.2) is 0 Å². The Morgan fingerprint density at radius 2 is 2.22 bits per heavy atom. The van der Waals surface area contributed by atoms with Crippen LogP contribution in [0.3, 0.4) is 0 Å². The first-order valence-corrected chi connectivity index (χ1v) is 8.08. The first-order valence-electron chi connectivity index (χ1n) is 6.02. The third-order valence-corrected chi connectivity index (χ3v) is 3.92. The molecule has 1 N–H and O–H groups in total. The van der Waals surface area contributed by atoms with Gasteiger partial charge in [0, 0.05) is 39.0 Å². The largest absolute Gasteiger partial charge is 0.315 e. The number of hydrogen-bond donors (Lipinski definition) is 1. The van der Waals surface area contributed by atoms with Crippen molar-refractivity contribution >= 4 is 9.84 Å². The van der Waals surface area contributed by atoms with Gasteiger partial charge in [-0.25, -0.2) is 8.42 Å². The Kier molecular flexibility index (Phi) is 4.31. The van der Waals surface area contributed by atoms with E-state index >= 15 is 0 Å². The standard InChI is InChI=1S/C10H19N5O2S/c1-18(16,17)7-3-11-2-4-14-5-6-15-9-12-13-10(15)8-14/h9,11H,2-8H2,1H3. The van der Waals surface area contributed by atoms with Gasteiger partial charge in [0.2, 0.25) is 0 Å². The summed E-state index contributed by atoms with van der Waals surface area (Å²) in [6, 6.07) is 0. The van der Waals surface area contributed by atoms with E-state index < -0.39 is 9.84 Å². The molecule has 0 aliphatic carbocycles. The molecule has 7 nitrogen and oxygen atoms in total. The SMILES string of the molecule is CS(=O)(=O)CCNCCN1CCn2cnnc2C1. The third-order valence-electron chi connectivity index (χ3n) is 2.97. The fourth-order valence-corrected chi connectivity index (χ4v) is 2.44. The fraction of sp³-hybridized carbons (Fsp3) is 0.800. The molecule has 0 atom stereocenters. The first-order chi connectivity index (χ1) is 8.54. The van der Waals surface area contributed by atoms with Gasteiger partial charge in [0.1, 0.15) is 22.0 Å². The number of sulfone groups is 1. The van der Waals surface area contributed by atoms with Gasteiger partial charge >= 0.3 is 0 Å². The van der Waals surface area contributed by atoms with Gasteiger partial charge in [0.25, 0.3) is 0 Å². The smallest absolute Gasteiger partial charge is 0.148 e. The molecule has 0 radical (unpaired) electrons. The highest BCUT2D eigenvalue weighted by atomic mass is 32.2. The highest BCUT2D eigenvalue weighted by Crippen LogP contribution is 2.07. The van der Waals surface area contributed by atoms with Crippen LogP contribution in [0.5, 0.6) is 0 Å². The minimum Gasteiger partial charge on any atom is -0.315 e. The summed E-state index contributed by atoms with van der Waals surface area (Å²) < 4.78 is 23.9. The molecule has 2 rings (SSSR count). The lowest BCUT2D eigenvalue weighted by Gasteiger charge is -2.26. The topological polar surface area (TPSA) is 80.1 Å². The van der Waals surface area contributed by atoms with Gasteiger partial charge in [-0.05, 0) is 0 Å². The lowest BCUT2D eigenvalue weighted by atomic mass is 10.3. The summed E-state index contributed by atoms with van der Waals surface area (Å²) in [4.78, 5) is 2.29. The van der Waals surface area contributed by atoms with E-state index in [1.807, 2.05) is 0 Å². The summed E-state index contributed by atoms with van der Waals surface area (Å²) in [7, 11) is -2.86. The van der Waals surface area contributed by atoms with E-state index in [4.69, 9.17) is 0 Å². The monoisotopic (exact) mass is 273 g/mol. The third kappa shape index (κ3) is 4.04. The Labute approximate surface area is 107 Å². The lowest BCUT2D eigenvalue weighted by Crippen LogP contribution is -2.38. The van der Waals surface area contributed by atoms with E-state index in [1.54, 1.807) is 6.33 Å². The molecule has 1 aliphatic rings. The number of rotatable bonds is 6. The molecule has 0 fully saturated rings. The average Bonchev–Trinajstić information content (AvgIpc) is 2.74. The van der Waals surface area contributed by atoms with Crippen molar-refractivity contribution in [3.8, 4) is 0 Å². The molecule has 0 saturated carbocycles. The molecule has 102 valence electrons. The summed E-state index contributed by atoms with van der Waals surface area (Å²) in [5.41, 5.74) is 0. The maximum absolute atomic E-state index is 10.9. The van der Waals surface area contributed by atoms with Crippen molar-refractivity contribution in [2.75, 3.05) is 38.2 Å². The zero-order valence-corrected chi connectivity index (χ0v) is 11.4. The first kappa shape index (κ1) is 13.4. The molecular weight excluding hydrogens is 254 g/mol. The molecule has 1 aromatic rings. The molecule has 0 bridgehead atoms. The van der Waals surface area contributed by atoms with Crippen LogP contribution in [-0.2, 0) is 22.9 Å². The van der Waals surface area contributed by atoms with Crippen molar-refractivity contribution in [3.05, 3.63) is 12.2 Å². The summed E-state index contributed by atoms with van der Waals surface area (Å²) >= 11 is 0. The van der Waals surface area contributed by atoms with Gasteiger partial charge in [-0.15, -0.1) is 10.2 Å². The van der Waals surface area contributed by atoms with Crippen LogP contribution in [0.15, 0.2) is 6.33 Å². The van der Waals surface area contributed by atoms with Crippen molar-refractivity contribution in [2.24, 2.45) is 0 Å². The van der Waals surface area contributed by atoms with Crippen LogP contribution < -0.4 is 5.32 Å². The molecule has 1 aromatic heterocycles. The van der Waals surface area contributed by atoms with Crippen LogP contribution in [0.2, 0.25) is 0 Å². The van der Waals surface area contributed by atoms with Crippen molar-refractivity contribution in [1.29, 1.82) is 0 Å². The van der Waals surface area contributed by atoms with Gasteiger partial charge in [-0.2, -0.15) is 0 Å². The quantitative estimate of drug-likeness (QED) is 0.651. The van der Waals surface area contributed by atoms with E-state index in [0.29, 0.717) is 6.54 Å². The molecule has 0 spiro atoms. The van der Waals surface area contributed by atoms with Gasteiger partial charge < -0.3 is 9.88 Å². The number of nitrogens with one attached hydrogen (secondary N) is 1. The Hall–Kier alpha value is -0.990. The lowest BCUT2D eigenvalue weighted by molar-refractivity contribution is 0.218. The second-order valence-electron chi connectivity index (χ2n) is 4.60. The molecule has 0 amide bonds. The van der Waals surface area contributed by atoms with Crippen LogP contribution >= 0.6 is 0 Å². The average molecular weight is 273 g/mol. The molecule has 1 aliphatic heterocycles. The molecule has 2 heterocycles. The van der Waals surface area contributed by atoms with Gasteiger partial charge in [-0.1, -0.05) is 0 Å². The van der Waals surface area contributed by atoms with Gasteiger partial charge in [-0.3, -0.25) is 4.90 Å². The van der Waals surface area contributed by atoms with Crippen molar-refractivity contribution < 1.29 is 8.42 Å². The van der Waals surface area contributed by atoms with Gasteiger partial charge in [0.05, 0.1) is 12.3 Å². The van der Waals surface area contributed by atoms with Crippen molar-refractivity contribution in [3.63, 3.8) is 0 Å². The van der Waals surface area contributed by atoms with E-state index in [0.717, 1.165) is 38.5 Å². The van der Waals surface area contributed by atoms with E-state index in [1.165, 1.54) is 6.26 Å². The predicted octanol–water partition coefficient (Wildman–Crippen LogP) is -1.27. The number of nitrogens with zero attached hydrogens (tertiary/aromatic N) is 4. The second kappa shape index (κ2) is 5.77. The summed E-state index contributed by atoms with van der Waals surface area (Å²) in [6.45, 7) is 4.93. The van der Waals surface area contributed by atoms with E-state index in [2.05, 4.69) is 25.0 Å². The van der Waals surface area contributed by atoms with Crippen LogP contribution in [-0.4, -0.2) is 66.3 Å². The molecule has 0 unspecified atom stereocenters. The Bertz CT molecular complexity index is 484. The van der Waals surface area contributed by atoms with Crippen LogP contribution in [0.1, 0.15) is 5.82 Å². The molecule has 18 heavy (non-hydrogen) atoms. The molecule has 0 saturated heterocycles.